The molecule has 0 aliphatic rings. The molecule has 0 amide bonds. The monoisotopic (exact) mass is 168 g/mol. The van der Waals surface area contributed by atoms with Crippen LogP contribution in [0.3, 0.4) is 0 Å². The zero-order valence-electron chi connectivity index (χ0n) is 7.40. The Morgan fingerprint density at radius 3 is 2.58 bits per heavy atom. The van der Waals surface area contributed by atoms with Crippen LogP contribution in [-0.4, -0.2) is 9.89 Å². The minimum atomic E-state index is -0.796. The Balaban J connectivity index is 3.12. The Morgan fingerprint density at radius 1 is 1.67 bits per heavy atom. The van der Waals surface area contributed by atoms with Gasteiger partial charge in [-0.1, -0.05) is 5.18 Å². The van der Waals surface area contributed by atoms with Gasteiger partial charge in [-0.3, -0.25) is 0 Å². The molecule has 0 fully saturated rings. The van der Waals surface area contributed by atoms with Crippen molar-refractivity contribution in [2.24, 2.45) is 5.18 Å². The molecule has 1 aromatic rings. The van der Waals surface area contributed by atoms with Gasteiger partial charge in [-0.15, -0.1) is 4.91 Å². The molecule has 0 unspecified atom stereocenters. The summed E-state index contributed by atoms with van der Waals surface area (Å²) in [6, 6.07) is 1.75. The average Bonchev–Trinajstić information content (AvgIpc) is 2.33. The van der Waals surface area contributed by atoms with E-state index in [9.17, 15) is 4.91 Å². The summed E-state index contributed by atoms with van der Waals surface area (Å²) in [6.07, 6.45) is 0. The molecule has 0 saturated carbocycles. The van der Waals surface area contributed by atoms with E-state index in [1.165, 1.54) is 4.79 Å². The van der Waals surface area contributed by atoms with Crippen molar-refractivity contribution in [2.75, 3.05) is 5.84 Å². The number of hydrogen-bond donors (Lipinski definition) is 1. The van der Waals surface area contributed by atoms with E-state index < -0.39 is 5.54 Å². The van der Waals surface area contributed by atoms with Gasteiger partial charge in [0.2, 0.25) is 0 Å². The van der Waals surface area contributed by atoms with Crippen LogP contribution < -0.4 is 5.84 Å². The van der Waals surface area contributed by atoms with Crippen LogP contribution in [0.5, 0.6) is 0 Å². The molecule has 66 valence electrons. The van der Waals surface area contributed by atoms with Gasteiger partial charge in [0.05, 0.1) is 11.4 Å². The number of nitrogens with two attached hydrogens (primary N) is 1. The van der Waals surface area contributed by atoms with Crippen molar-refractivity contribution in [1.82, 2.24) is 9.89 Å². The lowest BCUT2D eigenvalue weighted by Gasteiger charge is -2.10. The van der Waals surface area contributed by atoms with E-state index in [0.717, 1.165) is 5.69 Å². The van der Waals surface area contributed by atoms with Crippen LogP contribution in [0.15, 0.2) is 11.2 Å². The maximum Gasteiger partial charge on any atom is 0.141 e. The largest absolute Gasteiger partial charge is 0.323 e. The van der Waals surface area contributed by atoms with Crippen LogP contribution in [0, 0.1) is 11.8 Å². The first-order valence-electron chi connectivity index (χ1n) is 3.64. The molecule has 1 heterocycles. The number of nitroso groups, excluding NO2 is 1. The third kappa shape index (κ3) is 1.30. The van der Waals surface area contributed by atoms with Crippen LogP contribution >= 0.6 is 0 Å². The Morgan fingerprint density at radius 2 is 2.25 bits per heavy atom. The lowest BCUT2D eigenvalue weighted by atomic mass is 10.0. The minimum Gasteiger partial charge on any atom is -0.323 e. The molecule has 0 radical (unpaired) electrons. The molecule has 0 aliphatic carbocycles. The maximum atomic E-state index is 10.4. The first kappa shape index (κ1) is 8.70. The second kappa shape index (κ2) is 2.58. The summed E-state index contributed by atoms with van der Waals surface area (Å²) >= 11 is 0. The SMILES string of the molecule is Cc1cc(C(C)(C)N=O)nn1N. The molecule has 1 rings (SSSR count). The van der Waals surface area contributed by atoms with Crippen LogP contribution in [0.1, 0.15) is 25.2 Å². The van der Waals surface area contributed by atoms with Gasteiger partial charge in [0.1, 0.15) is 5.54 Å². The number of nitrogens with zero attached hydrogens (tertiary/aromatic N) is 3. The third-order valence-corrected chi connectivity index (χ3v) is 1.78. The standard InChI is InChI=1S/C7H12N4O/c1-5-4-6(9-11(5)8)7(2,3)10-12/h4H,8H2,1-3H3. The van der Waals surface area contributed by atoms with E-state index in [1.54, 1.807) is 19.9 Å². The van der Waals surface area contributed by atoms with Crippen molar-refractivity contribution in [3.63, 3.8) is 0 Å². The van der Waals surface area contributed by atoms with Gasteiger partial charge in [-0.2, -0.15) is 9.89 Å². The van der Waals surface area contributed by atoms with Crippen LogP contribution in [0.4, 0.5) is 0 Å². The van der Waals surface area contributed by atoms with Gasteiger partial charge >= 0.3 is 0 Å². The molecule has 5 heteroatoms. The van der Waals surface area contributed by atoms with E-state index in [0.29, 0.717) is 5.69 Å². The predicted molar refractivity (Wildman–Crippen MR) is 45.9 cm³/mol. The summed E-state index contributed by atoms with van der Waals surface area (Å²) in [6.45, 7) is 5.21. The first-order valence-corrected chi connectivity index (χ1v) is 3.64. The van der Waals surface area contributed by atoms with Crippen molar-refractivity contribution >= 4 is 0 Å². The fraction of sp³-hybridized carbons (Fsp3) is 0.571. The van der Waals surface area contributed by atoms with Gasteiger partial charge in [0.15, 0.2) is 0 Å². The normalized spacial score (nSPS) is 11.6. The van der Waals surface area contributed by atoms with Crippen molar-refractivity contribution in [1.29, 1.82) is 0 Å². The molecule has 5 nitrogen and oxygen atoms in total. The molecule has 0 bridgehead atoms. The number of nitrogen functional groups attached to an aromatic ring is 1. The van der Waals surface area contributed by atoms with Crippen molar-refractivity contribution < 1.29 is 0 Å². The quantitative estimate of drug-likeness (QED) is 0.526. The van der Waals surface area contributed by atoms with E-state index in [1.807, 2.05) is 6.92 Å². The second-order valence-corrected chi connectivity index (χ2v) is 3.27. The molecule has 1 aromatic heterocycles. The van der Waals surface area contributed by atoms with Gasteiger partial charge in [-0.25, -0.2) is 0 Å². The number of rotatable bonds is 2. The summed E-state index contributed by atoms with van der Waals surface area (Å²) in [7, 11) is 0. The zero-order valence-corrected chi connectivity index (χ0v) is 7.40. The van der Waals surface area contributed by atoms with E-state index >= 15 is 0 Å². The third-order valence-electron chi connectivity index (χ3n) is 1.78. The topological polar surface area (TPSA) is 73.3 Å². The summed E-state index contributed by atoms with van der Waals surface area (Å²) in [5.41, 5.74) is 0.606. The summed E-state index contributed by atoms with van der Waals surface area (Å²) < 4.78 is 0. The van der Waals surface area contributed by atoms with Crippen molar-refractivity contribution in [2.45, 2.75) is 26.3 Å². The van der Waals surface area contributed by atoms with Gasteiger partial charge in [0.25, 0.3) is 0 Å². The highest BCUT2D eigenvalue weighted by Crippen LogP contribution is 2.22. The summed E-state index contributed by atoms with van der Waals surface area (Å²) in [5, 5.41) is 6.92. The molecule has 0 atom stereocenters. The lowest BCUT2D eigenvalue weighted by Crippen LogP contribution is -2.17. The molecule has 0 spiro atoms. The van der Waals surface area contributed by atoms with Crippen molar-refractivity contribution in [3.05, 3.63) is 22.4 Å². The molecule has 12 heavy (non-hydrogen) atoms. The van der Waals surface area contributed by atoms with E-state index in [2.05, 4.69) is 10.3 Å². The van der Waals surface area contributed by atoms with Gasteiger partial charge < -0.3 is 5.84 Å². The van der Waals surface area contributed by atoms with Gasteiger partial charge in [0, 0.05) is 0 Å². The van der Waals surface area contributed by atoms with Crippen molar-refractivity contribution in [3.8, 4) is 0 Å². The Kier molecular flexibility index (Phi) is 1.87. The van der Waals surface area contributed by atoms with Gasteiger partial charge in [-0.05, 0) is 26.8 Å². The zero-order chi connectivity index (χ0) is 9.35. The predicted octanol–water partition coefficient (Wildman–Crippen LogP) is 0.907. The molecule has 0 saturated heterocycles. The number of aromatic nitrogens is 2. The molecule has 0 aliphatic heterocycles. The average molecular weight is 168 g/mol. The molecular formula is C7H12N4O. The first-order chi connectivity index (χ1) is 5.47. The second-order valence-electron chi connectivity index (χ2n) is 3.27. The van der Waals surface area contributed by atoms with Crippen LogP contribution in [-0.2, 0) is 5.54 Å². The maximum absolute atomic E-state index is 10.4. The van der Waals surface area contributed by atoms with Crippen LogP contribution in [0.2, 0.25) is 0 Å². The molecule has 0 aromatic carbocycles. The Bertz CT molecular complexity index is 283. The minimum absolute atomic E-state index is 0.595. The van der Waals surface area contributed by atoms with Crippen LogP contribution in [0.25, 0.3) is 0 Å². The number of hydrogen-bond acceptors (Lipinski definition) is 4. The molecular weight excluding hydrogens is 156 g/mol. The highest BCUT2D eigenvalue weighted by Gasteiger charge is 2.24. The Hall–Kier alpha value is -1.39. The fourth-order valence-corrected chi connectivity index (χ4v) is 0.834. The Labute approximate surface area is 70.5 Å². The fourth-order valence-electron chi connectivity index (χ4n) is 0.834. The van der Waals surface area contributed by atoms with E-state index in [4.69, 9.17) is 5.84 Å². The van der Waals surface area contributed by atoms with E-state index in [-0.39, 0.29) is 0 Å². The highest BCUT2D eigenvalue weighted by atomic mass is 16.3. The molecule has 2 N–H and O–H groups in total. The summed E-state index contributed by atoms with van der Waals surface area (Å²) in [5.74, 6) is 5.45. The lowest BCUT2D eigenvalue weighted by molar-refractivity contribution is 0.524. The summed E-state index contributed by atoms with van der Waals surface area (Å²) in [4.78, 5) is 11.6. The number of aryl methyl sites for hydroxylation is 1. The highest BCUT2D eigenvalue weighted by molar-refractivity contribution is 5.16. The smallest absolute Gasteiger partial charge is 0.141 e.